The molecule has 2 saturated carbocycles. The molecule has 1 aliphatic heterocycles. The van der Waals surface area contributed by atoms with Crippen molar-refractivity contribution in [1.82, 2.24) is 10.2 Å². The van der Waals surface area contributed by atoms with Crippen molar-refractivity contribution in [2.45, 2.75) is 73.2 Å². The molecule has 3 atom stereocenters. The Morgan fingerprint density at radius 3 is 2.54 bits per heavy atom. The number of alkyl halides is 3. The lowest BCUT2D eigenvalue weighted by atomic mass is 10.1. The van der Waals surface area contributed by atoms with Gasteiger partial charge in [0, 0.05) is 18.0 Å². The molecule has 1 heterocycles. The molecule has 0 aromatic heterocycles. The van der Waals surface area contributed by atoms with E-state index >= 15 is 0 Å². The predicted molar refractivity (Wildman–Crippen MR) is 118 cm³/mol. The molecule has 1 unspecified atom stereocenters. The maximum absolute atomic E-state index is 13.4. The first-order valence-electron chi connectivity index (χ1n) is 11.1. The number of ether oxygens (including phenoxy) is 1. The van der Waals surface area contributed by atoms with Crippen LogP contribution in [0.1, 0.15) is 39.0 Å². The van der Waals surface area contributed by atoms with Crippen LogP contribution in [0.15, 0.2) is 23.1 Å². The number of halogens is 4. The molecule has 192 valence electrons. The van der Waals surface area contributed by atoms with E-state index < -0.39 is 51.1 Å². The Hall–Kier alpha value is -2.07. The van der Waals surface area contributed by atoms with Gasteiger partial charge in [-0.1, -0.05) is 18.5 Å². The van der Waals surface area contributed by atoms with Gasteiger partial charge in [0.25, 0.3) is 0 Å². The molecule has 0 bridgehead atoms. The number of nitrogens with one attached hydrogen (secondary N) is 1. The van der Waals surface area contributed by atoms with Gasteiger partial charge in [-0.3, -0.25) is 10.1 Å². The third kappa shape index (κ3) is 5.38. The minimum Gasteiger partial charge on any atom is -0.484 e. The Kier molecular flexibility index (Phi) is 6.54. The molecule has 4 rings (SSSR count). The van der Waals surface area contributed by atoms with Crippen molar-refractivity contribution in [3.8, 4) is 11.8 Å². The fraction of sp³-hybridized carbons (Fsp3) is 0.636. The van der Waals surface area contributed by atoms with Gasteiger partial charge in [-0.15, -0.1) is 0 Å². The topological polar surface area (TPSA) is 120 Å². The van der Waals surface area contributed by atoms with Gasteiger partial charge in [-0.05, 0) is 44.2 Å². The zero-order valence-electron chi connectivity index (χ0n) is 18.8. The van der Waals surface area contributed by atoms with Crippen molar-refractivity contribution in [2.75, 3.05) is 13.2 Å². The maximum atomic E-state index is 13.4. The number of carbonyl (C=O) groups excluding carboxylic acids is 1. The molecule has 2 aliphatic carbocycles. The van der Waals surface area contributed by atoms with Gasteiger partial charge in [0.15, 0.2) is 16.4 Å². The highest BCUT2D eigenvalue weighted by Crippen LogP contribution is 2.48. The van der Waals surface area contributed by atoms with E-state index in [4.69, 9.17) is 11.6 Å². The van der Waals surface area contributed by atoms with Gasteiger partial charge >= 0.3 is 6.18 Å². The summed E-state index contributed by atoms with van der Waals surface area (Å²) in [4.78, 5) is 14.2. The maximum Gasteiger partial charge on any atom is 0.422 e. The Labute approximate surface area is 205 Å². The van der Waals surface area contributed by atoms with Crippen molar-refractivity contribution in [3.05, 3.63) is 23.2 Å². The van der Waals surface area contributed by atoms with Crippen LogP contribution in [0.2, 0.25) is 5.02 Å². The molecule has 1 amide bonds. The van der Waals surface area contributed by atoms with Crippen LogP contribution in [0.4, 0.5) is 13.2 Å². The number of hydrogen-bond acceptors (Lipinski definition) is 7. The largest absolute Gasteiger partial charge is 0.484 e. The minimum atomic E-state index is -4.57. The highest BCUT2D eigenvalue weighted by Gasteiger charge is 2.55. The lowest BCUT2D eigenvalue weighted by Crippen LogP contribution is -2.53. The molecule has 0 radical (unpaired) electrons. The van der Waals surface area contributed by atoms with Crippen LogP contribution in [0.5, 0.6) is 5.75 Å². The Balaban J connectivity index is 1.56. The van der Waals surface area contributed by atoms with E-state index in [0.717, 1.165) is 18.2 Å². The van der Waals surface area contributed by atoms with Crippen LogP contribution >= 0.6 is 11.6 Å². The monoisotopic (exact) mass is 535 g/mol. The number of nitriles is 1. The Morgan fingerprint density at radius 2 is 2.03 bits per heavy atom. The smallest absolute Gasteiger partial charge is 0.422 e. The summed E-state index contributed by atoms with van der Waals surface area (Å²) in [6, 6.07) is 4.39. The Bertz CT molecular complexity index is 1160. The van der Waals surface area contributed by atoms with Crippen LogP contribution in [0, 0.1) is 16.7 Å². The van der Waals surface area contributed by atoms with Crippen molar-refractivity contribution >= 4 is 27.3 Å². The van der Waals surface area contributed by atoms with E-state index in [2.05, 4.69) is 16.1 Å². The first-order chi connectivity index (χ1) is 16.2. The van der Waals surface area contributed by atoms with Crippen LogP contribution in [-0.2, 0) is 14.6 Å². The van der Waals surface area contributed by atoms with Crippen molar-refractivity contribution in [3.63, 3.8) is 0 Å². The van der Waals surface area contributed by atoms with Gasteiger partial charge < -0.3 is 14.7 Å². The minimum absolute atomic E-state index is 0.0948. The van der Waals surface area contributed by atoms with E-state index in [-0.39, 0.29) is 34.5 Å². The first kappa shape index (κ1) is 26.0. The summed E-state index contributed by atoms with van der Waals surface area (Å²) in [7, 11) is -4.13. The van der Waals surface area contributed by atoms with E-state index in [1.807, 2.05) is 0 Å². The third-order valence-electron chi connectivity index (χ3n) is 6.89. The second-order valence-corrected chi connectivity index (χ2v) is 12.4. The zero-order valence-corrected chi connectivity index (χ0v) is 20.4. The first-order valence-corrected chi connectivity index (χ1v) is 13.0. The summed E-state index contributed by atoms with van der Waals surface area (Å²) in [5.74, 6) is -0.496. The second-order valence-electron chi connectivity index (χ2n) is 9.77. The predicted octanol–water partition coefficient (Wildman–Crippen LogP) is 2.79. The molecular formula is C22H25ClF3N3O5S. The highest BCUT2D eigenvalue weighted by atomic mass is 35.5. The van der Waals surface area contributed by atoms with E-state index in [1.54, 1.807) is 6.92 Å². The van der Waals surface area contributed by atoms with Crippen LogP contribution < -0.4 is 10.1 Å². The molecule has 2 N–H and O–H groups in total. The van der Waals surface area contributed by atoms with Crippen molar-refractivity contribution < 1.29 is 36.2 Å². The highest BCUT2D eigenvalue weighted by molar-refractivity contribution is 7.92. The number of benzene rings is 1. The number of hydrogen-bond donors (Lipinski definition) is 2. The summed E-state index contributed by atoms with van der Waals surface area (Å²) >= 11 is 6.12. The fourth-order valence-electron chi connectivity index (χ4n) is 4.27. The molecule has 1 aromatic carbocycles. The second kappa shape index (κ2) is 8.80. The number of likely N-dealkylation sites (tertiary alicyclic amines) is 1. The number of sulfone groups is 1. The lowest BCUT2D eigenvalue weighted by molar-refractivity contribution is -0.153. The SMILES string of the molecule is CC1(C(=O)N2C[C@H](S(=O)(=O)c3ccc(OCC(F)(F)F)cc3Cl)C[C@H]2C(O)NC2(C#N)CC2)CC1. The normalized spacial score (nSPS) is 25.6. The molecule has 3 fully saturated rings. The van der Waals surface area contributed by atoms with E-state index in [1.165, 1.54) is 4.90 Å². The number of nitrogens with zero attached hydrogens (tertiary/aromatic N) is 2. The van der Waals surface area contributed by atoms with Gasteiger partial charge in [-0.2, -0.15) is 18.4 Å². The quantitative estimate of drug-likeness (QED) is 0.491. The molecule has 8 nitrogen and oxygen atoms in total. The molecule has 1 aromatic rings. The molecule has 0 spiro atoms. The average Bonchev–Trinajstić information content (AvgIpc) is 3.67. The number of rotatable bonds is 8. The number of amides is 1. The van der Waals surface area contributed by atoms with Gasteiger partial charge in [0.1, 0.15) is 17.5 Å². The zero-order chi connectivity index (χ0) is 25.8. The standard InChI is InChI=1S/C22H25ClF3N3O5S/c1-20(4-5-20)19(31)29-10-14(9-16(29)18(30)28-21(11-27)6-7-21)35(32,33)17-3-2-13(8-15(17)23)34-12-22(24,25)26/h2-3,8,14,16,18,28,30H,4-7,9-10,12H2,1H3/t14-,16+,18?/m1/s1. The van der Waals surface area contributed by atoms with E-state index in [0.29, 0.717) is 25.7 Å². The molecule has 3 aliphatic rings. The van der Waals surface area contributed by atoms with E-state index in [9.17, 15) is 36.8 Å². The van der Waals surface area contributed by atoms with Gasteiger partial charge in [0.05, 0.1) is 27.3 Å². The summed E-state index contributed by atoms with van der Waals surface area (Å²) < 4.78 is 68.7. The van der Waals surface area contributed by atoms with Crippen molar-refractivity contribution in [2.24, 2.45) is 5.41 Å². The van der Waals surface area contributed by atoms with Gasteiger partial charge in [0.2, 0.25) is 5.91 Å². The number of carbonyl (C=O) groups is 1. The average molecular weight is 536 g/mol. The van der Waals surface area contributed by atoms with Crippen LogP contribution in [0.3, 0.4) is 0 Å². The Morgan fingerprint density at radius 1 is 1.37 bits per heavy atom. The fourth-order valence-corrected chi connectivity index (χ4v) is 6.52. The summed E-state index contributed by atoms with van der Waals surface area (Å²) in [5.41, 5.74) is -1.50. The molecule has 35 heavy (non-hydrogen) atoms. The summed E-state index contributed by atoms with van der Waals surface area (Å²) in [6.07, 6.45) is -3.57. The van der Waals surface area contributed by atoms with Crippen molar-refractivity contribution in [1.29, 1.82) is 5.26 Å². The summed E-state index contributed by atoms with van der Waals surface area (Å²) in [6.45, 7) is 0.0508. The summed E-state index contributed by atoms with van der Waals surface area (Å²) in [5, 5.41) is 21.6. The number of aliphatic hydroxyl groups is 1. The van der Waals surface area contributed by atoms with Crippen LogP contribution in [-0.4, -0.2) is 66.7 Å². The third-order valence-corrected chi connectivity index (χ3v) is 9.50. The molecule has 1 saturated heterocycles. The molecule has 13 heteroatoms. The lowest BCUT2D eigenvalue weighted by Gasteiger charge is -2.32. The number of aliphatic hydroxyl groups excluding tert-OH is 1. The van der Waals surface area contributed by atoms with Crippen LogP contribution in [0.25, 0.3) is 0 Å². The molecular weight excluding hydrogens is 511 g/mol. The van der Waals surface area contributed by atoms with Gasteiger partial charge in [-0.25, -0.2) is 8.42 Å².